The van der Waals surface area contributed by atoms with E-state index in [0.717, 1.165) is 16.6 Å². The van der Waals surface area contributed by atoms with Gasteiger partial charge in [0.1, 0.15) is 11.4 Å². The number of hydrogen-bond acceptors (Lipinski definition) is 6. The highest BCUT2D eigenvalue weighted by Crippen LogP contribution is 2.22. The van der Waals surface area contributed by atoms with E-state index in [1.54, 1.807) is 36.0 Å². The molecule has 0 saturated carbocycles. The Morgan fingerprint density at radius 1 is 1.23 bits per heavy atom. The molecule has 0 atom stereocenters. The van der Waals surface area contributed by atoms with Crippen molar-refractivity contribution in [3.05, 3.63) is 63.8 Å². The van der Waals surface area contributed by atoms with Gasteiger partial charge in [0.25, 0.3) is 5.56 Å². The number of rotatable bonds is 5. The summed E-state index contributed by atoms with van der Waals surface area (Å²) in [6, 6.07) is 6.62. The summed E-state index contributed by atoms with van der Waals surface area (Å²) < 4.78 is 1.65. The Hall–Kier alpha value is -4.01. The fourth-order valence-electron chi connectivity index (χ4n) is 3.70. The molecule has 1 amide bonds. The van der Waals surface area contributed by atoms with Gasteiger partial charge in [-0.15, -0.1) is 0 Å². The van der Waals surface area contributed by atoms with Crippen molar-refractivity contribution >= 4 is 22.6 Å². The van der Waals surface area contributed by atoms with Gasteiger partial charge in [-0.2, -0.15) is 5.10 Å². The largest absolute Gasteiger partial charge is 0.508 e. The van der Waals surface area contributed by atoms with Crippen molar-refractivity contribution in [3.63, 3.8) is 0 Å². The summed E-state index contributed by atoms with van der Waals surface area (Å²) in [6.07, 6.45) is 3.46. The number of hydrogen-bond donors (Lipinski definition) is 3. The molecular weight excluding hydrogens is 396 g/mol. The first-order valence-corrected chi connectivity index (χ1v) is 9.80. The maximum atomic E-state index is 12.5. The van der Waals surface area contributed by atoms with Crippen LogP contribution >= 0.6 is 0 Å². The van der Waals surface area contributed by atoms with Gasteiger partial charge < -0.3 is 15.4 Å². The topological polar surface area (TPSA) is 126 Å². The Bertz CT molecular complexity index is 1340. The van der Waals surface area contributed by atoms with E-state index < -0.39 is 0 Å². The number of amides is 1. The molecule has 0 aliphatic heterocycles. The zero-order valence-electron chi connectivity index (χ0n) is 17.4. The molecule has 0 radical (unpaired) electrons. The SMILES string of the molecule is Cc1nn(C)c2[nH]c(=O)c(CCC(=O)Nc3cnc(-c4cccc(O)c4)nc3)c(C)c12. The van der Waals surface area contributed by atoms with Crippen LogP contribution < -0.4 is 10.9 Å². The van der Waals surface area contributed by atoms with Crippen molar-refractivity contribution in [3.8, 4) is 17.1 Å². The summed E-state index contributed by atoms with van der Waals surface area (Å²) in [7, 11) is 1.78. The zero-order chi connectivity index (χ0) is 22.1. The summed E-state index contributed by atoms with van der Waals surface area (Å²) in [4.78, 5) is 36.3. The van der Waals surface area contributed by atoms with Gasteiger partial charge in [-0.1, -0.05) is 12.1 Å². The number of aromatic nitrogens is 5. The molecule has 3 heterocycles. The molecule has 0 aliphatic rings. The second-order valence-electron chi connectivity index (χ2n) is 7.38. The Morgan fingerprint density at radius 2 is 1.97 bits per heavy atom. The minimum absolute atomic E-state index is 0.128. The van der Waals surface area contributed by atoms with Crippen LogP contribution in [0.4, 0.5) is 5.69 Å². The maximum absolute atomic E-state index is 12.5. The normalized spacial score (nSPS) is 11.1. The first kappa shape index (κ1) is 20.3. The third-order valence-electron chi connectivity index (χ3n) is 5.20. The van der Waals surface area contributed by atoms with Crippen LogP contribution in [0.3, 0.4) is 0 Å². The van der Waals surface area contributed by atoms with Crippen LogP contribution in [-0.2, 0) is 18.3 Å². The smallest absolute Gasteiger partial charge is 0.253 e. The molecular formula is C22H22N6O3. The summed E-state index contributed by atoms with van der Waals surface area (Å²) in [5, 5.41) is 17.6. The number of pyridine rings is 1. The van der Waals surface area contributed by atoms with Crippen molar-refractivity contribution in [2.45, 2.75) is 26.7 Å². The molecule has 3 N–H and O–H groups in total. The third kappa shape index (κ3) is 4.02. The van der Waals surface area contributed by atoms with Crippen LogP contribution in [0.1, 0.15) is 23.2 Å². The molecule has 0 saturated heterocycles. The number of aromatic amines is 1. The lowest BCUT2D eigenvalue weighted by molar-refractivity contribution is -0.116. The van der Waals surface area contributed by atoms with E-state index in [1.165, 1.54) is 12.4 Å². The van der Waals surface area contributed by atoms with Crippen LogP contribution in [0.5, 0.6) is 5.75 Å². The van der Waals surface area contributed by atoms with Crippen molar-refractivity contribution in [1.29, 1.82) is 0 Å². The molecule has 3 aromatic heterocycles. The average Bonchev–Trinajstić information content (AvgIpc) is 3.01. The van der Waals surface area contributed by atoms with E-state index in [0.29, 0.717) is 34.7 Å². The molecule has 0 unspecified atom stereocenters. The molecule has 9 nitrogen and oxygen atoms in total. The van der Waals surface area contributed by atoms with Gasteiger partial charge >= 0.3 is 0 Å². The predicted molar refractivity (Wildman–Crippen MR) is 117 cm³/mol. The maximum Gasteiger partial charge on any atom is 0.253 e. The second kappa shape index (κ2) is 8.02. The predicted octanol–water partition coefficient (Wildman–Crippen LogP) is 2.61. The van der Waals surface area contributed by atoms with Gasteiger partial charge in [0, 0.05) is 30.0 Å². The van der Waals surface area contributed by atoms with Crippen molar-refractivity contribution in [2.75, 3.05) is 5.32 Å². The van der Waals surface area contributed by atoms with Crippen LogP contribution in [0.25, 0.3) is 22.4 Å². The Kier molecular flexibility index (Phi) is 5.24. The Morgan fingerprint density at radius 3 is 2.68 bits per heavy atom. The number of fused-ring (bicyclic) bond motifs is 1. The van der Waals surface area contributed by atoms with Gasteiger partial charge in [0.05, 0.1) is 23.8 Å². The molecule has 9 heteroatoms. The Balaban J connectivity index is 1.45. The lowest BCUT2D eigenvalue weighted by atomic mass is 10.0. The second-order valence-corrected chi connectivity index (χ2v) is 7.38. The molecule has 4 aromatic rings. The number of nitrogens with one attached hydrogen (secondary N) is 2. The number of phenolic OH excluding ortho intramolecular Hbond substituents is 1. The summed E-state index contributed by atoms with van der Waals surface area (Å²) in [5.74, 6) is 0.329. The number of aromatic hydroxyl groups is 1. The van der Waals surface area contributed by atoms with E-state index in [1.807, 2.05) is 13.8 Å². The molecule has 0 bridgehead atoms. The number of H-pyrrole nitrogens is 1. The highest BCUT2D eigenvalue weighted by Gasteiger charge is 2.16. The monoisotopic (exact) mass is 418 g/mol. The lowest BCUT2D eigenvalue weighted by Gasteiger charge is -2.08. The fraction of sp³-hybridized carbons (Fsp3) is 0.227. The molecule has 158 valence electrons. The van der Waals surface area contributed by atoms with Crippen LogP contribution in [0.15, 0.2) is 41.5 Å². The lowest BCUT2D eigenvalue weighted by Crippen LogP contribution is -2.19. The van der Waals surface area contributed by atoms with Gasteiger partial charge in [-0.3, -0.25) is 14.3 Å². The van der Waals surface area contributed by atoms with Crippen molar-refractivity contribution in [1.82, 2.24) is 24.7 Å². The van der Waals surface area contributed by atoms with Gasteiger partial charge in [0.15, 0.2) is 5.82 Å². The van der Waals surface area contributed by atoms with Gasteiger partial charge in [-0.25, -0.2) is 9.97 Å². The highest BCUT2D eigenvalue weighted by atomic mass is 16.3. The minimum Gasteiger partial charge on any atom is -0.508 e. The number of nitrogens with zero attached hydrogens (tertiary/aromatic N) is 4. The van der Waals surface area contributed by atoms with Gasteiger partial charge in [0.2, 0.25) is 5.91 Å². The number of carbonyl (C=O) groups is 1. The number of phenols is 1. The third-order valence-corrected chi connectivity index (χ3v) is 5.20. The van der Waals surface area contributed by atoms with E-state index in [2.05, 4.69) is 25.4 Å². The number of anilines is 1. The summed E-state index contributed by atoms with van der Waals surface area (Å²) >= 11 is 0. The molecule has 0 aliphatic carbocycles. The van der Waals surface area contributed by atoms with E-state index in [4.69, 9.17) is 0 Å². The quantitative estimate of drug-likeness (QED) is 0.457. The first-order chi connectivity index (χ1) is 14.8. The highest BCUT2D eigenvalue weighted by molar-refractivity contribution is 5.91. The van der Waals surface area contributed by atoms with Gasteiger partial charge in [-0.05, 0) is 38.0 Å². The van der Waals surface area contributed by atoms with Crippen LogP contribution in [-0.4, -0.2) is 35.7 Å². The van der Waals surface area contributed by atoms with Crippen molar-refractivity contribution < 1.29 is 9.90 Å². The van der Waals surface area contributed by atoms with Crippen LogP contribution in [0.2, 0.25) is 0 Å². The van der Waals surface area contributed by atoms with E-state index >= 15 is 0 Å². The molecule has 0 fully saturated rings. The van der Waals surface area contributed by atoms with Crippen LogP contribution in [0, 0.1) is 13.8 Å². The molecule has 4 rings (SSSR count). The first-order valence-electron chi connectivity index (χ1n) is 9.80. The number of benzene rings is 1. The number of aryl methyl sites for hydroxylation is 3. The molecule has 1 aromatic carbocycles. The average molecular weight is 418 g/mol. The van der Waals surface area contributed by atoms with E-state index in [-0.39, 0.29) is 23.6 Å². The minimum atomic E-state index is -0.240. The molecule has 31 heavy (non-hydrogen) atoms. The standard InChI is InChI=1S/C22H22N6O3/c1-12-17(22(31)26-21-19(12)13(2)27-28(21)3)7-8-18(30)25-15-10-23-20(24-11-15)14-5-4-6-16(29)9-14/h4-6,9-11,29H,7-8H2,1-3H3,(H,25,30)(H,26,31). The molecule has 0 spiro atoms. The Labute approximate surface area is 177 Å². The fourth-order valence-corrected chi connectivity index (χ4v) is 3.70. The van der Waals surface area contributed by atoms with Crippen molar-refractivity contribution in [2.24, 2.45) is 7.05 Å². The zero-order valence-corrected chi connectivity index (χ0v) is 17.4. The van der Waals surface area contributed by atoms with E-state index in [9.17, 15) is 14.7 Å². The summed E-state index contributed by atoms with van der Waals surface area (Å²) in [5.41, 5.74) is 3.86. The summed E-state index contributed by atoms with van der Waals surface area (Å²) in [6.45, 7) is 3.78. The number of carbonyl (C=O) groups excluding carboxylic acids is 1.